The Balaban J connectivity index is 1.62. The summed E-state index contributed by atoms with van der Waals surface area (Å²) in [5.41, 5.74) is 4.89. The number of ether oxygens (including phenoxy) is 1. The molecule has 2 unspecified atom stereocenters. The lowest BCUT2D eigenvalue weighted by Gasteiger charge is -2.35. The number of nitrogens with zero attached hydrogens (tertiary/aromatic N) is 1. The Morgan fingerprint density at radius 2 is 2.31 bits per heavy atom. The number of carbonyl (C=O) groups excluding carboxylic acids is 1. The second-order valence-electron chi connectivity index (χ2n) is 4.67. The molecule has 3 N–H and O–H groups in total. The minimum atomic E-state index is -0.688. The highest BCUT2D eigenvalue weighted by molar-refractivity contribution is 5.64. The van der Waals surface area contributed by atoms with E-state index in [9.17, 15) is 4.79 Å². The number of primary amides is 1. The third-order valence-electron chi connectivity index (χ3n) is 3.60. The average Bonchev–Trinajstić information content (AvgIpc) is 2.71. The quantitative estimate of drug-likeness (QED) is 0.678. The van der Waals surface area contributed by atoms with Crippen molar-refractivity contribution < 1.29 is 9.53 Å². The number of piperidine rings is 1. The van der Waals surface area contributed by atoms with E-state index < -0.39 is 6.09 Å². The van der Waals surface area contributed by atoms with E-state index in [-0.39, 0.29) is 0 Å². The maximum atomic E-state index is 10.4. The second-order valence-corrected chi connectivity index (χ2v) is 4.67. The van der Waals surface area contributed by atoms with Gasteiger partial charge in [0.1, 0.15) is 6.61 Å². The largest absolute Gasteiger partial charge is 0.448 e. The van der Waals surface area contributed by atoms with E-state index in [4.69, 9.17) is 5.73 Å². The lowest BCUT2D eigenvalue weighted by atomic mass is 9.98. The van der Waals surface area contributed by atoms with Crippen molar-refractivity contribution in [3.63, 3.8) is 0 Å². The van der Waals surface area contributed by atoms with Gasteiger partial charge in [0.05, 0.1) is 0 Å². The molecule has 2 heterocycles. The van der Waals surface area contributed by atoms with Crippen LogP contribution in [0.25, 0.3) is 0 Å². The van der Waals surface area contributed by atoms with E-state index in [1.807, 2.05) is 0 Å². The first-order chi connectivity index (χ1) is 7.75. The molecule has 0 spiro atoms. The van der Waals surface area contributed by atoms with Crippen molar-refractivity contribution in [2.75, 3.05) is 26.2 Å². The summed E-state index contributed by atoms with van der Waals surface area (Å²) < 4.78 is 4.69. The molecule has 0 aromatic carbocycles. The van der Waals surface area contributed by atoms with Crippen LogP contribution in [0.2, 0.25) is 0 Å². The zero-order valence-electron chi connectivity index (χ0n) is 9.65. The molecular weight excluding hydrogens is 206 g/mol. The van der Waals surface area contributed by atoms with Crippen molar-refractivity contribution in [3.05, 3.63) is 0 Å². The fourth-order valence-corrected chi connectivity index (χ4v) is 2.82. The molecule has 0 bridgehead atoms. The van der Waals surface area contributed by atoms with Gasteiger partial charge in [0.2, 0.25) is 0 Å². The lowest BCUT2D eigenvalue weighted by molar-refractivity contribution is 0.144. The van der Waals surface area contributed by atoms with Crippen LogP contribution >= 0.6 is 0 Å². The topological polar surface area (TPSA) is 67.6 Å². The molecule has 0 aliphatic carbocycles. The van der Waals surface area contributed by atoms with Crippen LogP contribution in [0.1, 0.15) is 25.7 Å². The van der Waals surface area contributed by atoms with Crippen LogP contribution in [-0.4, -0.2) is 49.3 Å². The van der Waals surface area contributed by atoms with Gasteiger partial charge in [0.15, 0.2) is 0 Å². The number of nitrogens with two attached hydrogens (primary N) is 1. The van der Waals surface area contributed by atoms with Crippen LogP contribution in [-0.2, 0) is 4.74 Å². The fraction of sp³-hybridized carbons (Fsp3) is 0.909. The standard InChI is InChI=1S/C11H21N3O2/c12-11(15)16-7-4-13-9-3-6-14-5-1-2-10(14)8-9/h9-10,13H,1-8H2,(H2,12,15). The Bertz CT molecular complexity index is 247. The molecule has 1 amide bonds. The first-order valence-corrected chi connectivity index (χ1v) is 6.15. The average molecular weight is 227 g/mol. The van der Waals surface area contributed by atoms with E-state index in [0.717, 1.165) is 6.04 Å². The van der Waals surface area contributed by atoms with E-state index >= 15 is 0 Å². The summed E-state index contributed by atoms with van der Waals surface area (Å²) in [7, 11) is 0. The van der Waals surface area contributed by atoms with Crippen LogP contribution in [0, 0.1) is 0 Å². The Morgan fingerprint density at radius 1 is 1.44 bits per heavy atom. The van der Waals surface area contributed by atoms with Crippen LogP contribution in [0.5, 0.6) is 0 Å². The zero-order chi connectivity index (χ0) is 11.4. The minimum absolute atomic E-state index is 0.375. The van der Waals surface area contributed by atoms with Crippen molar-refractivity contribution in [1.82, 2.24) is 10.2 Å². The number of rotatable bonds is 4. The normalized spacial score (nSPS) is 30.0. The van der Waals surface area contributed by atoms with Crippen LogP contribution in [0.4, 0.5) is 4.79 Å². The maximum absolute atomic E-state index is 10.4. The molecular formula is C11H21N3O2. The van der Waals surface area contributed by atoms with Gasteiger partial charge >= 0.3 is 6.09 Å². The first kappa shape index (κ1) is 11.7. The monoisotopic (exact) mass is 227 g/mol. The van der Waals surface area contributed by atoms with E-state index in [2.05, 4.69) is 15.0 Å². The summed E-state index contributed by atoms with van der Waals surface area (Å²) in [5, 5.41) is 3.43. The van der Waals surface area contributed by atoms with Crippen LogP contribution in [0.15, 0.2) is 0 Å². The SMILES string of the molecule is NC(=O)OCCNC1CCN2CCCC2C1. The van der Waals surface area contributed by atoms with Crippen LogP contribution in [0.3, 0.4) is 0 Å². The Kier molecular flexibility index (Phi) is 4.01. The predicted octanol–water partition coefficient (Wildman–Crippen LogP) is 0.298. The molecule has 92 valence electrons. The van der Waals surface area contributed by atoms with Crippen molar-refractivity contribution >= 4 is 6.09 Å². The van der Waals surface area contributed by atoms with Gasteiger partial charge in [-0.25, -0.2) is 4.79 Å². The number of fused-ring (bicyclic) bond motifs is 1. The number of nitrogens with one attached hydrogen (secondary N) is 1. The van der Waals surface area contributed by atoms with Crippen molar-refractivity contribution in [2.24, 2.45) is 5.73 Å². The van der Waals surface area contributed by atoms with Gasteiger partial charge in [-0.15, -0.1) is 0 Å². The molecule has 5 nitrogen and oxygen atoms in total. The van der Waals surface area contributed by atoms with Crippen molar-refractivity contribution in [2.45, 2.75) is 37.8 Å². The van der Waals surface area contributed by atoms with Gasteiger partial charge < -0.3 is 20.7 Å². The van der Waals surface area contributed by atoms with Crippen molar-refractivity contribution in [3.8, 4) is 0 Å². The highest BCUT2D eigenvalue weighted by Crippen LogP contribution is 2.26. The molecule has 0 saturated carbocycles. The van der Waals surface area contributed by atoms with Crippen molar-refractivity contribution in [1.29, 1.82) is 0 Å². The molecule has 2 aliphatic rings. The molecule has 2 fully saturated rings. The molecule has 2 aliphatic heterocycles. The van der Waals surface area contributed by atoms with Gasteiger partial charge in [-0.05, 0) is 38.8 Å². The van der Waals surface area contributed by atoms with E-state index in [0.29, 0.717) is 19.2 Å². The number of hydrogen-bond acceptors (Lipinski definition) is 4. The molecule has 2 saturated heterocycles. The summed E-state index contributed by atoms with van der Waals surface area (Å²) in [5.74, 6) is 0. The molecule has 0 aromatic rings. The Morgan fingerprint density at radius 3 is 3.12 bits per heavy atom. The Hall–Kier alpha value is -0.810. The van der Waals surface area contributed by atoms with Gasteiger partial charge in [0.25, 0.3) is 0 Å². The van der Waals surface area contributed by atoms with E-state index in [1.165, 1.54) is 38.8 Å². The molecule has 16 heavy (non-hydrogen) atoms. The lowest BCUT2D eigenvalue weighted by Crippen LogP contribution is -2.46. The second kappa shape index (κ2) is 5.50. The van der Waals surface area contributed by atoms with Gasteiger partial charge in [-0.2, -0.15) is 0 Å². The zero-order valence-corrected chi connectivity index (χ0v) is 9.65. The van der Waals surface area contributed by atoms with E-state index in [1.54, 1.807) is 0 Å². The first-order valence-electron chi connectivity index (χ1n) is 6.15. The molecule has 0 radical (unpaired) electrons. The molecule has 2 atom stereocenters. The maximum Gasteiger partial charge on any atom is 0.404 e. The summed E-state index contributed by atoms with van der Waals surface area (Å²) >= 11 is 0. The Labute approximate surface area is 96.3 Å². The summed E-state index contributed by atoms with van der Waals surface area (Å²) in [6.07, 6.45) is 4.44. The number of amides is 1. The third kappa shape index (κ3) is 3.09. The van der Waals surface area contributed by atoms with Crippen LogP contribution < -0.4 is 11.1 Å². The minimum Gasteiger partial charge on any atom is -0.448 e. The third-order valence-corrected chi connectivity index (χ3v) is 3.60. The summed E-state index contributed by atoms with van der Waals surface area (Å²) in [4.78, 5) is 13.0. The summed E-state index contributed by atoms with van der Waals surface area (Å²) in [6.45, 7) is 3.57. The van der Waals surface area contributed by atoms with Gasteiger partial charge in [0, 0.05) is 18.6 Å². The van der Waals surface area contributed by atoms with Gasteiger partial charge in [-0.1, -0.05) is 0 Å². The number of hydrogen-bond donors (Lipinski definition) is 2. The smallest absolute Gasteiger partial charge is 0.404 e. The summed E-state index contributed by atoms with van der Waals surface area (Å²) in [6, 6.07) is 1.36. The fourth-order valence-electron chi connectivity index (χ4n) is 2.82. The number of carbonyl (C=O) groups is 1. The molecule has 0 aromatic heterocycles. The van der Waals surface area contributed by atoms with Gasteiger partial charge in [-0.3, -0.25) is 0 Å². The highest BCUT2D eigenvalue weighted by atomic mass is 16.5. The molecule has 2 rings (SSSR count). The molecule has 5 heteroatoms. The predicted molar refractivity (Wildman–Crippen MR) is 61.2 cm³/mol. The highest BCUT2D eigenvalue weighted by Gasteiger charge is 2.31.